The van der Waals surface area contributed by atoms with E-state index < -0.39 is 0 Å². The van der Waals surface area contributed by atoms with Gasteiger partial charge in [-0.05, 0) is 30.2 Å². The van der Waals surface area contributed by atoms with Gasteiger partial charge in [-0.1, -0.05) is 58.4 Å². The summed E-state index contributed by atoms with van der Waals surface area (Å²) < 4.78 is 1.02. The molecule has 0 aromatic heterocycles. The summed E-state index contributed by atoms with van der Waals surface area (Å²) in [6.07, 6.45) is 0. The minimum Gasteiger partial charge on any atom is -0.349 e. The number of hydrogen-bond acceptors (Lipinski definition) is 2. The second-order valence-corrected chi connectivity index (χ2v) is 5.90. The molecule has 2 aromatic rings. The van der Waals surface area contributed by atoms with Crippen molar-refractivity contribution in [3.05, 3.63) is 70.2 Å². The van der Waals surface area contributed by atoms with E-state index in [2.05, 4.69) is 21.2 Å². The zero-order chi connectivity index (χ0) is 15.2. The van der Waals surface area contributed by atoms with Gasteiger partial charge in [0.25, 0.3) is 0 Å². The lowest BCUT2D eigenvalue weighted by atomic mass is 9.97. The van der Waals surface area contributed by atoms with Gasteiger partial charge < -0.3 is 11.1 Å². The summed E-state index contributed by atoms with van der Waals surface area (Å²) in [4.78, 5) is 12.4. The quantitative estimate of drug-likeness (QED) is 0.871. The SMILES string of the molecule is C[C@@H](NC(=O)C(CN)c1ccccc1)c1ccc(Br)cc1. The Morgan fingerprint density at radius 3 is 2.29 bits per heavy atom. The number of nitrogens with two attached hydrogens (primary N) is 1. The Morgan fingerprint density at radius 1 is 1.10 bits per heavy atom. The summed E-state index contributed by atoms with van der Waals surface area (Å²) in [5.41, 5.74) is 7.78. The second-order valence-electron chi connectivity index (χ2n) is 4.98. The van der Waals surface area contributed by atoms with Crippen LogP contribution >= 0.6 is 15.9 Å². The lowest BCUT2D eigenvalue weighted by molar-refractivity contribution is -0.123. The Kier molecular flexibility index (Phi) is 5.53. The average molecular weight is 347 g/mol. The third-order valence-electron chi connectivity index (χ3n) is 3.48. The maximum absolute atomic E-state index is 12.4. The van der Waals surface area contributed by atoms with Crippen LogP contribution in [0.2, 0.25) is 0 Å². The standard InChI is InChI=1S/C17H19BrN2O/c1-12(13-7-9-15(18)10-8-13)20-17(21)16(11-19)14-5-3-2-4-6-14/h2-10,12,16H,11,19H2,1H3,(H,20,21)/t12-,16?/m1/s1. The summed E-state index contributed by atoms with van der Waals surface area (Å²) in [6.45, 7) is 2.27. The van der Waals surface area contributed by atoms with Crippen molar-refractivity contribution in [2.75, 3.05) is 6.54 Å². The first-order valence-corrected chi connectivity index (χ1v) is 7.72. The van der Waals surface area contributed by atoms with Crippen LogP contribution in [0.1, 0.15) is 30.0 Å². The van der Waals surface area contributed by atoms with Gasteiger partial charge in [-0.2, -0.15) is 0 Å². The largest absolute Gasteiger partial charge is 0.349 e. The minimum absolute atomic E-state index is 0.0425. The fourth-order valence-corrected chi connectivity index (χ4v) is 2.49. The maximum Gasteiger partial charge on any atom is 0.229 e. The van der Waals surface area contributed by atoms with Gasteiger partial charge in [0.15, 0.2) is 0 Å². The molecular formula is C17H19BrN2O. The van der Waals surface area contributed by atoms with Gasteiger partial charge in [-0.3, -0.25) is 4.79 Å². The zero-order valence-electron chi connectivity index (χ0n) is 11.9. The Morgan fingerprint density at radius 2 is 1.71 bits per heavy atom. The van der Waals surface area contributed by atoms with Gasteiger partial charge in [0.05, 0.1) is 12.0 Å². The highest BCUT2D eigenvalue weighted by Crippen LogP contribution is 2.19. The first kappa shape index (κ1) is 15.7. The highest BCUT2D eigenvalue weighted by Gasteiger charge is 2.20. The number of halogens is 1. The average Bonchev–Trinajstić information content (AvgIpc) is 2.49. The predicted octanol–water partition coefficient (Wildman–Crippen LogP) is 3.37. The van der Waals surface area contributed by atoms with Crippen molar-refractivity contribution in [2.24, 2.45) is 5.73 Å². The molecule has 3 N–H and O–H groups in total. The summed E-state index contributed by atoms with van der Waals surface area (Å²) in [6, 6.07) is 17.5. The van der Waals surface area contributed by atoms with Crippen molar-refractivity contribution in [2.45, 2.75) is 18.9 Å². The number of benzene rings is 2. The van der Waals surface area contributed by atoms with Crippen molar-refractivity contribution in [1.29, 1.82) is 0 Å². The molecule has 0 aliphatic heterocycles. The predicted molar refractivity (Wildman–Crippen MR) is 88.9 cm³/mol. The number of amides is 1. The van der Waals surface area contributed by atoms with Crippen LogP contribution in [0.15, 0.2) is 59.1 Å². The van der Waals surface area contributed by atoms with Crippen molar-refractivity contribution in [1.82, 2.24) is 5.32 Å². The maximum atomic E-state index is 12.4. The molecule has 1 unspecified atom stereocenters. The number of carbonyl (C=O) groups excluding carboxylic acids is 1. The van der Waals surface area contributed by atoms with Gasteiger partial charge in [-0.15, -0.1) is 0 Å². The van der Waals surface area contributed by atoms with E-state index >= 15 is 0 Å². The Bertz CT molecular complexity index is 583. The molecule has 0 fully saturated rings. The van der Waals surface area contributed by atoms with Crippen molar-refractivity contribution in [3.63, 3.8) is 0 Å². The van der Waals surface area contributed by atoms with E-state index in [1.54, 1.807) is 0 Å². The van der Waals surface area contributed by atoms with Crippen molar-refractivity contribution in [3.8, 4) is 0 Å². The number of rotatable bonds is 5. The van der Waals surface area contributed by atoms with E-state index in [4.69, 9.17) is 5.73 Å². The monoisotopic (exact) mass is 346 g/mol. The normalized spacial score (nSPS) is 13.5. The molecule has 2 rings (SSSR count). The molecule has 110 valence electrons. The zero-order valence-corrected chi connectivity index (χ0v) is 13.5. The van der Waals surface area contributed by atoms with E-state index in [-0.39, 0.29) is 17.9 Å². The highest BCUT2D eigenvalue weighted by atomic mass is 79.9. The molecule has 4 heteroatoms. The third-order valence-corrected chi connectivity index (χ3v) is 4.01. The number of carbonyl (C=O) groups is 1. The lowest BCUT2D eigenvalue weighted by Gasteiger charge is -2.20. The molecule has 0 bridgehead atoms. The molecule has 2 atom stereocenters. The number of hydrogen-bond donors (Lipinski definition) is 2. The van der Waals surface area contributed by atoms with E-state index in [9.17, 15) is 4.79 Å². The van der Waals surface area contributed by atoms with Gasteiger partial charge >= 0.3 is 0 Å². The molecule has 1 amide bonds. The van der Waals surface area contributed by atoms with Crippen LogP contribution in [0, 0.1) is 0 Å². The molecule has 0 aliphatic carbocycles. The molecular weight excluding hydrogens is 328 g/mol. The van der Waals surface area contributed by atoms with E-state index in [0.29, 0.717) is 6.54 Å². The van der Waals surface area contributed by atoms with Crippen LogP contribution in [0.4, 0.5) is 0 Å². The fourth-order valence-electron chi connectivity index (χ4n) is 2.23. The van der Waals surface area contributed by atoms with Crippen LogP contribution in [-0.2, 0) is 4.79 Å². The van der Waals surface area contributed by atoms with Crippen LogP contribution in [0.3, 0.4) is 0 Å². The third kappa shape index (κ3) is 4.16. The van der Waals surface area contributed by atoms with Gasteiger partial charge in [0.1, 0.15) is 0 Å². The van der Waals surface area contributed by atoms with Gasteiger partial charge in [-0.25, -0.2) is 0 Å². The summed E-state index contributed by atoms with van der Waals surface area (Å²) in [5, 5.41) is 3.03. The Hall–Kier alpha value is -1.65. The van der Waals surface area contributed by atoms with Crippen LogP contribution in [0.25, 0.3) is 0 Å². The second kappa shape index (κ2) is 7.38. The highest BCUT2D eigenvalue weighted by molar-refractivity contribution is 9.10. The summed E-state index contributed by atoms with van der Waals surface area (Å²) in [7, 11) is 0. The smallest absolute Gasteiger partial charge is 0.229 e. The topological polar surface area (TPSA) is 55.1 Å². The minimum atomic E-state index is -0.316. The molecule has 0 spiro atoms. The first-order chi connectivity index (χ1) is 10.1. The summed E-state index contributed by atoms with van der Waals surface area (Å²) in [5.74, 6) is -0.358. The molecule has 0 aliphatic rings. The van der Waals surface area contributed by atoms with Crippen LogP contribution < -0.4 is 11.1 Å². The van der Waals surface area contributed by atoms with Gasteiger partial charge in [0.2, 0.25) is 5.91 Å². The van der Waals surface area contributed by atoms with Crippen molar-refractivity contribution < 1.29 is 4.79 Å². The molecule has 0 saturated carbocycles. The van der Waals surface area contributed by atoms with E-state index in [1.807, 2.05) is 61.5 Å². The lowest BCUT2D eigenvalue weighted by Crippen LogP contribution is -2.35. The fraction of sp³-hybridized carbons (Fsp3) is 0.235. The van der Waals surface area contributed by atoms with Crippen molar-refractivity contribution >= 4 is 21.8 Å². The first-order valence-electron chi connectivity index (χ1n) is 6.92. The molecule has 21 heavy (non-hydrogen) atoms. The Labute approximate surface area is 133 Å². The Balaban J connectivity index is 2.07. The van der Waals surface area contributed by atoms with Crippen LogP contribution in [-0.4, -0.2) is 12.5 Å². The number of nitrogens with one attached hydrogen (secondary N) is 1. The van der Waals surface area contributed by atoms with E-state index in [0.717, 1.165) is 15.6 Å². The van der Waals surface area contributed by atoms with Crippen LogP contribution in [0.5, 0.6) is 0 Å². The summed E-state index contributed by atoms with van der Waals surface area (Å²) >= 11 is 3.41. The van der Waals surface area contributed by atoms with E-state index in [1.165, 1.54) is 0 Å². The molecule has 0 saturated heterocycles. The van der Waals surface area contributed by atoms with Gasteiger partial charge in [0, 0.05) is 11.0 Å². The molecule has 3 nitrogen and oxygen atoms in total. The molecule has 2 aromatic carbocycles. The molecule has 0 heterocycles. The molecule has 0 radical (unpaired) electrons.